The fourth-order valence-electron chi connectivity index (χ4n) is 2.31. The van der Waals surface area contributed by atoms with Crippen molar-refractivity contribution in [3.63, 3.8) is 0 Å². The largest absolute Gasteiger partial charge is 0.393 e. The molecule has 21 heavy (non-hydrogen) atoms. The van der Waals surface area contributed by atoms with Gasteiger partial charge in [0.05, 0.1) is 18.3 Å². The molecule has 0 spiro atoms. The summed E-state index contributed by atoms with van der Waals surface area (Å²) in [6.07, 6.45) is 3.14. The van der Waals surface area contributed by atoms with Crippen LogP contribution in [0.5, 0.6) is 0 Å². The van der Waals surface area contributed by atoms with Gasteiger partial charge in [0.15, 0.2) is 0 Å². The summed E-state index contributed by atoms with van der Waals surface area (Å²) in [7, 11) is 0. The predicted molar refractivity (Wildman–Crippen MR) is 87.7 cm³/mol. The molecule has 1 amide bonds. The number of hydrogen-bond acceptors (Lipinski definition) is 4. The van der Waals surface area contributed by atoms with Gasteiger partial charge in [0.25, 0.3) is 0 Å². The Morgan fingerprint density at radius 1 is 1.43 bits per heavy atom. The third-order valence-corrected chi connectivity index (χ3v) is 4.51. The molecule has 1 saturated heterocycles. The molecule has 114 valence electrons. The first-order valence-corrected chi connectivity index (χ1v) is 8.20. The van der Waals surface area contributed by atoms with Crippen LogP contribution in [0.15, 0.2) is 41.8 Å². The van der Waals surface area contributed by atoms with Crippen molar-refractivity contribution >= 4 is 23.4 Å². The van der Waals surface area contributed by atoms with Crippen molar-refractivity contribution in [2.45, 2.75) is 23.8 Å². The van der Waals surface area contributed by atoms with E-state index in [0.29, 0.717) is 6.54 Å². The van der Waals surface area contributed by atoms with Crippen molar-refractivity contribution in [1.29, 1.82) is 0 Å². The number of thioether (sulfide) groups is 1. The predicted octanol–water partition coefficient (Wildman–Crippen LogP) is 2.36. The van der Waals surface area contributed by atoms with Crippen molar-refractivity contribution < 1.29 is 9.90 Å². The molecule has 4 nitrogen and oxygen atoms in total. The molecule has 0 radical (unpaired) electrons. The number of piperidine rings is 1. The van der Waals surface area contributed by atoms with Gasteiger partial charge >= 0.3 is 0 Å². The summed E-state index contributed by atoms with van der Waals surface area (Å²) in [5.41, 5.74) is 0.853. The smallest absolute Gasteiger partial charge is 0.238 e. The average Bonchev–Trinajstić information content (AvgIpc) is 2.49. The lowest BCUT2D eigenvalue weighted by Gasteiger charge is -2.28. The van der Waals surface area contributed by atoms with Crippen LogP contribution in [-0.4, -0.2) is 47.4 Å². The number of aliphatic hydroxyl groups excluding tert-OH is 1. The summed E-state index contributed by atoms with van der Waals surface area (Å²) >= 11 is 1.66. The maximum Gasteiger partial charge on any atom is 0.238 e. The number of para-hydroxylation sites is 1. The van der Waals surface area contributed by atoms with Gasteiger partial charge in [-0.2, -0.15) is 0 Å². The monoisotopic (exact) mass is 306 g/mol. The lowest BCUT2D eigenvalue weighted by Crippen LogP contribution is -2.40. The highest BCUT2D eigenvalue weighted by Gasteiger charge is 2.19. The van der Waals surface area contributed by atoms with Crippen LogP contribution in [0.25, 0.3) is 0 Å². The van der Waals surface area contributed by atoms with E-state index < -0.39 is 0 Å². The van der Waals surface area contributed by atoms with E-state index in [1.165, 1.54) is 0 Å². The molecule has 0 aliphatic carbocycles. The molecule has 0 saturated carbocycles. The van der Waals surface area contributed by atoms with Crippen molar-refractivity contribution in [3.8, 4) is 0 Å². The fraction of sp³-hybridized carbons (Fsp3) is 0.438. The lowest BCUT2D eigenvalue weighted by atomic mass is 10.1. The van der Waals surface area contributed by atoms with E-state index in [0.717, 1.165) is 42.3 Å². The third-order valence-electron chi connectivity index (χ3n) is 3.44. The average molecular weight is 306 g/mol. The number of benzene rings is 1. The highest BCUT2D eigenvalue weighted by atomic mass is 32.2. The number of hydrogen-bond donors (Lipinski definition) is 2. The number of amides is 1. The Balaban J connectivity index is 1.88. The molecule has 2 rings (SSSR count). The molecule has 1 heterocycles. The molecule has 0 atom stereocenters. The minimum absolute atomic E-state index is 0.00181. The molecule has 0 unspecified atom stereocenters. The molecule has 5 heteroatoms. The summed E-state index contributed by atoms with van der Waals surface area (Å²) in [5.74, 6) is 0.815. The molecular formula is C16H22N2O2S. The number of aliphatic hydroxyl groups is 1. The maximum absolute atomic E-state index is 12.1. The van der Waals surface area contributed by atoms with E-state index in [-0.39, 0.29) is 12.0 Å². The number of carbonyl (C=O) groups excluding carboxylic acids is 1. The van der Waals surface area contributed by atoms with Crippen molar-refractivity contribution in [2.24, 2.45) is 0 Å². The normalized spacial score (nSPS) is 16.6. The molecule has 0 aromatic heterocycles. The van der Waals surface area contributed by atoms with Crippen LogP contribution in [0, 0.1) is 0 Å². The van der Waals surface area contributed by atoms with Gasteiger partial charge in [-0.05, 0) is 25.0 Å². The molecule has 1 aromatic carbocycles. The van der Waals surface area contributed by atoms with Crippen LogP contribution in [0.1, 0.15) is 12.8 Å². The topological polar surface area (TPSA) is 52.6 Å². The Kier molecular flexibility index (Phi) is 6.29. The third kappa shape index (κ3) is 5.19. The van der Waals surface area contributed by atoms with Crippen LogP contribution in [-0.2, 0) is 4.79 Å². The second-order valence-electron chi connectivity index (χ2n) is 5.15. The first-order chi connectivity index (χ1) is 10.2. The Labute approximate surface area is 130 Å². The number of nitrogens with one attached hydrogen (secondary N) is 1. The number of likely N-dealkylation sites (tertiary alicyclic amines) is 1. The first kappa shape index (κ1) is 16.1. The Morgan fingerprint density at radius 3 is 2.86 bits per heavy atom. The van der Waals surface area contributed by atoms with Crippen molar-refractivity contribution in [1.82, 2.24) is 4.90 Å². The highest BCUT2D eigenvalue weighted by molar-refractivity contribution is 7.99. The number of nitrogens with zero attached hydrogens (tertiary/aromatic N) is 1. The van der Waals surface area contributed by atoms with Crippen molar-refractivity contribution in [3.05, 3.63) is 36.9 Å². The number of carbonyl (C=O) groups is 1. The van der Waals surface area contributed by atoms with Gasteiger partial charge in [-0.15, -0.1) is 18.3 Å². The molecule has 1 aliphatic heterocycles. The minimum Gasteiger partial charge on any atom is -0.393 e. The highest BCUT2D eigenvalue weighted by Crippen LogP contribution is 2.26. The van der Waals surface area contributed by atoms with Gasteiger partial charge in [-0.3, -0.25) is 9.69 Å². The van der Waals surface area contributed by atoms with E-state index in [1.54, 1.807) is 11.8 Å². The van der Waals surface area contributed by atoms with Crippen LogP contribution in [0.2, 0.25) is 0 Å². The maximum atomic E-state index is 12.1. The summed E-state index contributed by atoms with van der Waals surface area (Å²) in [6, 6.07) is 7.81. The van der Waals surface area contributed by atoms with E-state index in [1.807, 2.05) is 30.3 Å². The molecule has 1 aliphatic rings. The second-order valence-corrected chi connectivity index (χ2v) is 6.21. The number of rotatable bonds is 6. The quantitative estimate of drug-likeness (QED) is 0.626. The first-order valence-electron chi connectivity index (χ1n) is 7.22. The SMILES string of the molecule is C=CCSc1ccccc1NC(=O)CN1CCC(O)CC1. The molecule has 1 fully saturated rings. The van der Waals surface area contributed by atoms with Gasteiger partial charge in [0.2, 0.25) is 5.91 Å². The van der Waals surface area contributed by atoms with E-state index >= 15 is 0 Å². The standard InChI is InChI=1S/C16H22N2O2S/c1-2-11-21-15-6-4-3-5-14(15)17-16(20)12-18-9-7-13(19)8-10-18/h2-6,13,19H,1,7-12H2,(H,17,20). The molecular weight excluding hydrogens is 284 g/mol. The van der Waals surface area contributed by atoms with E-state index in [2.05, 4.69) is 16.8 Å². The Hall–Kier alpha value is -1.30. The van der Waals surface area contributed by atoms with Crippen molar-refractivity contribution in [2.75, 3.05) is 30.7 Å². The van der Waals surface area contributed by atoms with E-state index in [9.17, 15) is 9.90 Å². The summed E-state index contributed by atoms with van der Waals surface area (Å²) < 4.78 is 0. The number of anilines is 1. The molecule has 0 bridgehead atoms. The van der Waals surface area contributed by atoms with Crippen LogP contribution >= 0.6 is 11.8 Å². The van der Waals surface area contributed by atoms with Gasteiger partial charge in [-0.1, -0.05) is 18.2 Å². The van der Waals surface area contributed by atoms with Gasteiger partial charge < -0.3 is 10.4 Å². The summed E-state index contributed by atoms with van der Waals surface area (Å²) in [6.45, 7) is 5.66. The molecule has 1 aromatic rings. The van der Waals surface area contributed by atoms with Gasteiger partial charge in [0, 0.05) is 23.7 Å². The van der Waals surface area contributed by atoms with Gasteiger partial charge in [-0.25, -0.2) is 0 Å². The zero-order valence-corrected chi connectivity index (χ0v) is 12.9. The second kappa shape index (κ2) is 8.22. The minimum atomic E-state index is -0.208. The zero-order valence-electron chi connectivity index (χ0n) is 12.1. The van der Waals surface area contributed by atoms with Crippen LogP contribution in [0.4, 0.5) is 5.69 Å². The zero-order chi connectivity index (χ0) is 15.1. The summed E-state index contributed by atoms with van der Waals surface area (Å²) in [5, 5.41) is 12.5. The van der Waals surface area contributed by atoms with Gasteiger partial charge in [0.1, 0.15) is 0 Å². The fourth-order valence-corrected chi connectivity index (χ4v) is 3.06. The van der Waals surface area contributed by atoms with E-state index in [4.69, 9.17) is 0 Å². The Bertz CT molecular complexity index is 485. The Morgan fingerprint density at radius 2 is 2.14 bits per heavy atom. The lowest BCUT2D eigenvalue weighted by molar-refractivity contribution is -0.117. The van der Waals surface area contributed by atoms with Crippen LogP contribution < -0.4 is 5.32 Å². The molecule has 2 N–H and O–H groups in total. The van der Waals surface area contributed by atoms with Crippen LogP contribution in [0.3, 0.4) is 0 Å². The summed E-state index contributed by atoms with van der Waals surface area (Å²) in [4.78, 5) is 15.3.